The fourth-order valence-corrected chi connectivity index (χ4v) is 1.91. The molecule has 96 valence electrons. The average molecular weight is 256 g/mol. The minimum absolute atomic E-state index is 0.375. The van der Waals surface area contributed by atoms with Crippen LogP contribution in [0.3, 0.4) is 0 Å². The Kier molecular flexibility index (Phi) is 2.71. The number of nitrogen functional groups attached to an aromatic ring is 1. The second-order valence-electron chi connectivity index (χ2n) is 3.85. The lowest BCUT2D eigenvalue weighted by Crippen LogP contribution is -1.97. The topological polar surface area (TPSA) is 103 Å². The third kappa shape index (κ3) is 1.85. The van der Waals surface area contributed by atoms with Crippen LogP contribution in [0.15, 0.2) is 24.7 Å². The first-order chi connectivity index (χ1) is 9.31. The summed E-state index contributed by atoms with van der Waals surface area (Å²) in [6, 6.07) is 3.71. The Morgan fingerprint density at radius 2 is 2.21 bits per heavy atom. The molecule has 7 nitrogen and oxygen atoms in total. The Hall–Kier alpha value is -2.70. The normalized spacial score (nSPS) is 10.8. The van der Waals surface area contributed by atoms with E-state index in [1.54, 1.807) is 6.20 Å². The fourth-order valence-electron chi connectivity index (χ4n) is 1.91. The van der Waals surface area contributed by atoms with Crippen molar-refractivity contribution in [2.45, 2.75) is 6.92 Å². The van der Waals surface area contributed by atoms with E-state index in [1.165, 1.54) is 6.33 Å². The van der Waals surface area contributed by atoms with E-state index in [-0.39, 0.29) is 0 Å². The van der Waals surface area contributed by atoms with Gasteiger partial charge in [0.05, 0.1) is 23.3 Å². The monoisotopic (exact) mass is 256 g/mol. The number of aromatic amines is 1. The molecule has 3 heterocycles. The molecule has 3 aromatic heterocycles. The Morgan fingerprint density at radius 3 is 3.05 bits per heavy atom. The molecule has 0 fully saturated rings. The molecule has 0 amide bonds. The van der Waals surface area contributed by atoms with Gasteiger partial charge in [-0.05, 0) is 19.1 Å². The minimum atomic E-state index is 0.375. The van der Waals surface area contributed by atoms with Crippen molar-refractivity contribution in [2.24, 2.45) is 0 Å². The van der Waals surface area contributed by atoms with Crippen molar-refractivity contribution in [3.05, 3.63) is 24.7 Å². The summed E-state index contributed by atoms with van der Waals surface area (Å²) in [4.78, 5) is 12.3. The van der Waals surface area contributed by atoms with Gasteiger partial charge >= 0.3 is 0 Å². The molecule has 0 saturated carbocycles. The molecule has 3 rings (SSSR count). The van der Waals surface area contributed by atoms with E-state index in [1.807, 2.05) is 19.1 Å². The van der Waals surface area contributed by atoms with Gasteiger partial charge in [-0.1, -0.05) is 0 Å². The van der Waals surface area contributed by atoms with Crippen LogP contribution in [0.2, 0.25) is 0 Å². The van der Waals surface area contributed by atoms with Crippen LogP contribution in [0.1, 0.15) is 6.92 Å². The third-order valence-electron chi connectivity index (χ3n) is 2.70. The Morgan fingerprint density at radius 1 is 1.32 bits per heavy atom. The van der Waals surface area contributed by atoms with E-state index in [2.05, 4.69) is 25.1 Å². The highest BCUT2D eigenvalue weighted by Crippen LogP contribution is 2.33. The predicted molar refractivity (Wildman–Crippen MR) is 70.5 cm³/mol. The SMILES string of the molecule is CCOc1ncccc1-c1[nH]nc2ncnc(N)c12. The van der Waals surface area contributed by atoms with Gasteiger partial charge in [-0.15, -0.1) is 0 Å². The standard InChI is InChI=1S/C12H12N6O/c1-2-19-12-7(4-3-5-14-12)9-8-10(13)15-6-16-11(8)18-17-9/h3-6H,2H2,1H3,(H3,13,15,16,17,18). The van der Waals surface area contributed by atoms with Gasteiger partial charge in [-0.2, -0.15) is 5.10 Å². The molecule has 19 heavy (non-hydrogen) atoms. The summed E-state index contributed by atoms with van der Waals surface area (Å²) >= 11 is 0. The second-order valence-corrected chi connectivity index (χ2v) is 3.85. The first kappa shape index (κ1) is 11.4. The number of fused-ring (bicyclic) bond motifs is 1. The zero-order valence-corrected chi connectivity index (χ0v) is 10.3. The van der Waals surface area contributed by atoms with Crippen LogP contribution >= 0.6 is 0 Å². The molecule has 0 bridgehead atoms. The third-order valence-corrected chi connectivity index (χ3v) is 2.70. The first-order valence-electron chi connectivity index (χ1n) is 5.84. The number of hydrogen-bond donors (Lipinski definition) is 2. The van der Waals surface area contributed by atoms with E-state index < -0.39 is 0 Å². The summed E-state index contributed by atoms with van der Waals surface area (Å²) in [6.45, 7) is 2.43. The average Bonchev–Trinajstić information content (AvgIpc) is 2.85. The maximum Gasteiger partial charge on any atom is 0.222 e. The van der Waals surface area contributed by atoms with Crippen molar-refractivity contribution in [1.29, 1.82) is 0 Å². The van der Waals surface area contributed by atoms with Crippen molar-refractivity contribution in [1.82, 2.24) is 25.1 Å². The molecule has 3 N–H and O–H groups in total. The highest BCUT2D eigenvalue weighted by atomic mass is 16.5. The number of hydrogen-bond acceptors (Lipinski definition) is 6. The van der Waals surface area contributed by atoms with Gasteiger partial charge in [0, 0.05) is 6.20 Å². The maximum atomic E-state index is 5.89. The molecule has 0 aliphatic rings. The molecule has 0 aromatic carbocycles. The molecular weight excluding hydrogens is 244 g/mol. The summed E-state index contributed by atoms with van der Waals surface area (Å²) in [5.74, 6) is 0.902. The second kappa shape index (κ2) is 4.52. The van der Waals surface area contributed by atoms with Crippen LogP contribution in [0.5, 0.6) is 5.88 Å². The molecule has 0 atom stereocenters. The molecule has 3 aromatic rings. The molecule has 0 spiro atoms. The number of nitrogens with zero attached hydrogens (tertiary/aromatic N) is 4. The maximum absolute atomic E-state index is 5.89. The van der Waals surface area contributed by atoms with Crippen molar-refractivity contribution in [2.75, 3.05) is 12.3 Å². The summed E-state index contributed by atoms with van der Waals surface area (Å²) in [5.41, 5.74) is 7.91. The lowest BCUT2D eigenvalue weighted by molar-refractivity contribution is 0.328. The summed E-state index contributed by atoms with van der Waals surface area (Å²) in [6.07, 6.45) is 3.06. The Labute approximate surface area is 108 Å². The number of ether oxygens (including phenoxy) is 1. The molecular formula is C12H12N6O. The van der Waals surface area contributed by atoms with E-state index in [0.29, 0.717) is 35.0 Å². The summed E-state index contributed by atoms with van der Waals surface area (Å²) < 4.78 is 5.51. The van der Waals surface area contributed by atoms with Gasteiger partial charge in [0.15, 0.2) is 5.65 Å². The van der Waals surface area contributed by atoms with Crippen molar-refractivity contribution in [3.63, 3.8) is 0 Å². The number of rotatable bonds is 3. The van der Waals surface area contributed by atoms with Crippen LogP contribution in [0.25, 0.3) is 22.3 Å². The van der Waals surface area contributed by atoms with Gasteiger partial charge in [0.2, 0.25) is 5.88 Å². The molecule has 0 aliphatic carbocycles. The first-order valence-corrected chi connectivity index (χ1v) is 5.84. The van der Waals surface area contributed by atoms with Gasteiger partial charge in [0.25, 0.3) is 0 Å². The summed E-state index contributed by atoms with van der Waals surface area (Å²) in [7, 11) is 0. The lowest BCUT2D eigenvalue weighted by Gasteiger charge is -2.07. The molecule has 0 radical (unpaired) electrons. The van der Waals surface area contributed by atoms with Crippen molar-refractivity contribution >= 4 is 16.9 Å². The number of nitrogens with one attached hydrogen (secondary N) is 1. The van der Waals surface area contributed by atoms with Crippen molar-refractivity contribution in [3.8, 4) is 17.1 Å². The molecule has 0 unspecified atom stereocenters. The highest BCUT2D eigenvalue weighted by molar-refractivity contribution is 5.98. The number of H-pyrrole nitrogens is 1. The molecule has 0 aliphatic heterocycles. The number of aromatic nitrogens is 5. The number of nitrogens with two attached hydrogens (primary N) is 1. The summed E-state index contributed by atoms with van der Waals surface area (Å²) in [5, 5.41) is 7.71. The smallest absolute Gasteiger partial charge is 0.222 e. The Balaban J connectivity index is 2.25. The van der Waals surface area contributed by atoms with E-state index >= 15 is 0 Å². The molecule has 7 heteroatoms. The van der Waals surface area contributed by atoms with E-state index in [4.69, 9.17) is 10.5 Å². The van der Waals surface area contributed by atoms with Crippen molar-refractivity contribution < 1.29 is 4.74 Å². The van der Waals surface area contributed by atoms with Gasteiger partial charge in [-0.3, -0.25) is 5.10 Å². The van der Waals surface area contributed by atoms with Crippen LogP contribution in [-0.4, -0.2) is 31.8 Å². The van der Waals surface area contributed by atoms with Crippen LogP contribution in [0.4, 0.5) is 5.82 Å². The molecule has 0 saturated heterocycles. The largest absolute Gasteiger partial charge is 0.477 e. The quantitative estimate of drug-likeness (QED) is 0.734. The van der Waals surface area contributed by atoms with E-state index in [9.17, 15) is 0 Å². The predicted octanol–water partition coefficient (Wildman–Crippen LogP) is 1.40. The number of pyridine rings is 1. The van der Waals surface area contributed by atoms with Crippen LogP contribution < -0.4 is 10.5 Å². The van der Waals surface area contributed by atoms with Crippen LogP contribution in [0, 0.1) is 0 Å². The van der Waals surface area contributed by atoms with Gasteiger partial charge in [-0.25, -0.2) is 15.0 Å². The van der Waals surface area contributed by atoms with E-state index in [0.717, 1.165) is 5.56 Å². The minimum Gasteiger partial charge on any atom is -0.477 e. The van der Waals surface area contributed by atoms with Crippen LogP contribution in [-0.2, 0) is 0 Å². The van der Waals surface area contributed by atoms with Gasteiger partial charge < -0.3 is 10.5 Å². The zero-order chi connectivity index (χ0) is 13.2. The zero-order valence-electron chi connectivity index (χ0n) is 10.3. The lowest BCUT2D eigenvalue weighted by atomic mass is 10.1. The fraction of sp³-hybridized carbons (Fsp3) is 0.167. The Bertz CT molecular complexity index is 723. The highest BCUT2D eigenvalue weighted by Gasteiger charge is 2.16. The number of anilines is 1. The van der Waals surface area contributed by atoms with Gasteiger partial charge in [0.1, 0.15) is 12.1 Å².